The van der Waals surface area contributed by atoms with Crippen LogP contribution in [0.2, 0.25) is 0 Å². The molecule has 3 heteroatoms. The van der Waals surface area contributed by atoms with Gasteiger partial charge in [-0.25, -0.2) is 8.78 Å². The van der Waals surface area contributed by atoms with Crippen molar-refractivity contribution >= 4 is 0 Å². The van der Waals surface area contributed by atoms with Crippen LogP contribution in [-0.4, -0.2) is 6.54 Å². The van der Waals surface area contributed by atoms with Gasteiger partial charge in [0.25, 0.3) is 0 Å². The summed E-state index contributed by atoms with van der Waals surface area (Å²) in [6.07, 6.45) is 5.07. The highest BCUT2D eigenvalue weighted by molar-refractivity contribution is 5.19. The van der Waals surface area contributed by atoms with E-state index in [1.807, 2.05) is 0 Å². The summed E-state index contributed by atoms with van der Waals surface area (Å²) in [6, 6.07) is 3.98. The summed E-state index contributed by atoms with van der Waals surface area (Å²) < 4.78 is 26.4. The van der Waals surface area contributed by atoms with Gasteiger partial charge in [0, 0.05) is 12.1 Å². The minimum Gasteiger partial charge on any atom is -0.312 e. The van der Waals surface area contributed by atoms with Crippen LogP contribution in [0.3, 0.4) is 0 Å². The molecule has 1 aromatic rings. The van der Waals surface area contributed by atoms with Crippen molar-refractivity contribution in [3.05, 3.63) is 35.4 Å². The van der Waals surface area contributed by atoms with E-state index in [4.69, 9.17) is 0 Å². The summed E-state index contributed by atoms with van der Waals surface area (Å²) in [5, 5.41) is 3.09. The zero-order valence-electron chi connectivity index (χ0n) is 9.31. The standard InChI is InChI=1S/C13H17F2N/c14-12-4-1-5-13(15)11(12)9-16-8-2-3-10-6-7-10/h1,4-5,10,16H,2-3,6-9H2. The first-order chi connectivity index (χ1) is 7.77. The first-order valence-electron chi connectivity index (χ1n) is 5.91. The highest BCUT2D eigenvalue weighted by atomic mass is 19.1. The fourth-order valence-corrected chi connectivity index (χ4v) is 1.84. The highest BCUT2D eigenvalue weighted by Crippen LogP contribution is 2.33. The zero-order valence-corrected chi connectivity index (χ0v) is 9.31. The molecule has 0 unspecified atom stereocenters. The number of hydrogen-bond acceptors (Lipinski definition) is 1. The Morgan fingerprint density at radius 3 is 2.50 bits per heavy atom. The van der Waals surface area contributed by atoms with Gasteiger partial charge in [-0.2, -0.15) is 0 Å². The maximum absolute atomic E-state index is 13.2. The Balaban J connectivity index is 1.71. The third kappa shape index (κ3) is 3.27. The van der Waals surface area contributed by atoms with E-state index in [1.54, 1.807) is 0 Å². The summed E-state index contributed by atoms with van der Waals surface area (Å²) in [6.45, 7) is 1.12. The summed E-state index contributed by atoms with van der Waals surface area (Å²) in [7, 11) is 0. The predicted octanol–water partition coefficient (Wildman–Crippen LogP) is 3.24. The topological polar surface area (TPSA) is 12.0 Å². The van der Waals surface area contributed by atoms with Gasteiger partial charge in [-0.05, 0) is 37.4 Å². The molecule has 1 aliphatic rings. The summed E-state index contributed by atoms with van der Waals surface area (Å²) in [5.41, 5.74) is 0.147. The van der Waals surface area contributed by atoms with Crippen molar-refractivity contribution in [2.75, 3.05) is 6.54 Å². The first-order valence-corrected chi connectivity index (χ1v) is 5.91. The molecular formula is C13H17F2N. The molecule has 1 aliphatic carbocycles. The predicted molar refractivity (Wildman–Crippen MR) is 60.0 cm³/mol. The summed E-state index contributed by atoms with van der Waals surface area (Å²) >= 11 is 0. The van der Waals surface area contributed by atoms with E-state index < -0.39 is 11.6 Å². The van der Waals surface area contributed by atoms with Crippen molar-refractivity contribution in [2.24, 2.45) is 5.92 Å². The fourth-order valence-electron chi connectivity index (χ4n) is 1.84. The molecule has 0 heterocycles. The average Bonchev–Trinajstić information content (AvgIpc) is 3.05. The van der Waals surface area contributed by atoms with E-state index in [1.165, 1.54) is 37.5 Å². The lowest BCUT2D eigenvalue weighted by molar-refractivity contribution is 0.526. The maximum Gasteiger partial charge on any atom is 0.130 e. The summed E-state index contributed by atoms with van der Waals surface area (Å²) in [5.74, 6) is -0.00335. The molecule has 2 rings (SSSR count). The van der Waals surface area contributed by atoms with Crippen LogP contribution in [0.4, 0.5) is 8.78 Å². The first kappa shape index (κ1) is 11.5. The van der Waals surface area contributed by atoms with Crippen molar-refractivity contribution < 1.29 is 8.78 Å². The smallest absolute Gasteiger partial charge is 0.130 e. The van der Waals surface area contributed by atoms with Crippen molar-refractivity contribution in [1.82, 2.24) is 5.32 Å². The van der Waals surface area contributed by atoms with Gasteiger partial charge in [-0.3, -0.25) is 0 Å². The Bertz CT molecular complexity index is 328. The number of hydrogen-bond donors (Lipinski definition) is 1. The molecule has 88 valence electrons. The van der Waals surface area contributed by atoms with Crippen LogP contribution in [0.5, 0.6) is 0 Å². The fraction of sp³-hybridized carbons (Fsp3) is 0.538. The molecule has 1 fully saturated rings. The van der Waals surface area contributed by atoms with Gasteiger partial charge in [0.2, 0.25) is 0 Å². The van der Waals surface area contributed by atoms with Crippen molar-refractivity contribution in [3.63, 3.8) is 0 Å². The molecule has 16 heavy (non-hydrogen) atoms. The van der Waals surface area contributed by atoms with Gasteiger partial charge >= 0.3 is 0 Å². The summed E-state index contributed by atoms with van der Waals surface area (Å²) in [4.78, 5) is 0. The Kier molecular flexibility index (Phi) is 3.88. The minimum atomic E-state index is -0.463. The Morgan fingerprint density at radius 1 is 1.19 bits per heavy atom. The van der Waals surface area contributed by atoms with Gasteiger partial charge < -0.3 is 5.32 Å². The van der Waals surface area contributed by atoms with E-state index in [-0.39, 0.29) is 12.1 Å². The number of benzene rings is 1. The minimum absolute atomic E-state index is 0.147. The number of rotatable bonds is 6. The van der Waals surface area contributed by atoms with E-state index in [9.17, 15) is 8.78 Å². The number of halogens is 2. The van der Waals surface area contributed by atoms with Gasteiger partial charge in [0.05, 0.1) is 0 Å². The lowest BCUT2D eigenvalue weighted by atomic mass is 10.2. The van der Waals surface area contributed by atoms with Crippen LogP contribution >= 0.6 is 0 Å². The quantitative estimate of drug-likeness (QED) is 0.733. The van der Waals surface area contributed by atoms with Crippen LogP contribution in [-0.2, 0) is 6.54 Å². The molecule has 0 bridgehead atoms. The van der Waals surface area contributed by atoms with Crippen LogP contribution in [0.1, 0.15) is 31.2 Å². The highest BCUT2D eigenvalue weighted by Gasteiger charge is 2.19. The second-order valence-electron chi connectivity index (χ2n) is 4.46. The Morgan fingerprint density at radius 2 is 1.88 bits per heavy atom. The molecule has 0 spiro atoms. The van der Waals surface area contributed by atoms with Crippen LogP contribution in [0, 0.1) is 17.6 Å². The van der Waals surface area contributed by atoms with Gasteiger partial charge in [-0.1, -0.05) is 18.9 Å². The van der Waals surface area contributed by atoms with Crippen LogP contribution in [0.15, 0.2) is 18.2 Å². The third-order valence-corrected chi connectivity index (χ3v) is 3.03. The van der Waals surface area contributed by atoms with Gasteiger partial charge in [0.1, 0.15) is 11.6 Å². The molecule has 0 aromatic heterocycles. The van der Waals surface area contributed by atoms with Crippen LogP contribution < -0.4 is 5.32 Å². The molecule has 1 saturated carbocycles. The number of nitrogens with one attached hydrogen (secondary N) is 1. The molecule has 0 aliphatic heterocycles. The molecule has 0 amide bonds. The lowest BCUT2D eigenvalue weighted by Crippen LogP contribution is -2.16. The third-order valence-electron chi connectivity index (χ3n) is 3.03. The van der Waals surface area contributed by atoms with E-state index in [2.05, 4.69) is 5.32 Å². The zero-order chi connectivity index (χ0) is 11.4. The lowest BCUT2D eigenvalue weighted by Gasteiger charge is -2.06. The van der Waals surface area contributed by atoms with E-state index >= 15 is 0 Å². The van der Waals surface area contributed by atoms with E-state index in [0.717, 1.165) is 18.9 Å². The second kappa shape index (κ2) is 5.39. The van der Waals surface area contributed by atoms with Crippen molar-refractivity contribution in [3.8, 4) is 0 Å². The van der Waals surface area contributed by atoms with E-state index in [0.29, 0.717) is 0 Å². The molecule has 0 saturated heterocycles. The normalized spacial score (nSPS) is 15.4. The molecule has 0 atom stereocenters. The average molecular weight is 225 g/mol. The molecule has 1 nitrogen and oxygen atoms in total. The van der Waals surface area contributed by atoms with Crippen LogP contribution in [0.25, 0.3) is 0 Å². The largest absolute Gasteiger partial charge is 0.312 e. The molecular weight excluding hydrogens is 208 g/mol. The Labute approximate surface area is 94.9 Å². The molecule has 1 aromatic carbocycles. The van der Waals surface area contributed by atoms with Crippen molar-refractivity contribution in [1.29, 1.82) is 0 Å². The second-order valence-corrected chi connectivity index (χ2v) is 4.46. The monoisotopic (exact) mass is 225 g/mol. The SMILES string of the molecule is Fc1cccc(F)c1CNCCCC1CC1. The maximum atomic E-state index is 13.2. The molecule has 0 radical (unpaired) electrons. The molecule has 1 N–H and O–H groups in total. The van der Waals surface area contributed by atoms with Gasteiger partial charge in [-0.15, -0.1) is 0 Å². The van der Waals surface area contributed by atoms with Crippen molar-refractivity contribution in [2.45, 2.75) is 32.2 Å². The Hall–Kier alpha value is -0.960. The van der Waals surface area contributed by atoms with Gasteiger partial charge in [0.15, 0.2) is 0 Å².